The fourth-order valence-electron chi connectivity index (χ4n) is 6.14. The van der Waals surface area contributed by atoms with Gasteiger partial charge in [-0.2, -0.15) is 0 Å². The van der Waals surface area contributed by atoms with Gasteiger partial charge >= 0.3 is 37.4 Å². The minimum Gasteiger partial charge on any atom is -0.380 e. The second kappa shape index (κ2) is 20.2. The summed E-state index contributed by atoms with van der Waals surface area (Å²) >= 11 is 0. The average molecular weight is 629 g/mol. The van der Waals surface area contributed by atoms with Gasteiger partial charge < -0.3 is 43.6 Å². The molecule has 4 aliphatic rings. The lowest BCUT2D eigenvalue weighted by molar-refractivity contribution is 0.0929. The summed E-state index contributed by atoms with van der Waals surface area (Å²) in [5.41, 5.74) is 0.423. The number of hydrogen-bond acceptors (Lipinski definition) is 10. The Kier molecular flexibility index (Phi) is 19.3. The fraction of sp³-hybridized carbons (Fsp3) is 0.920. The van der Waals surface area contributed by atoms with Crippen molar-refractivity contribution in [2.45, 2.75) is 64.8 Å². The molecule has 3 saturated carbocycles. The lowest BCUT2D eigenvalue weighted by atomic mass is 9.96. The van der Waals surface area contributed by atoms with Crippen LogP contribution in [0.2, 0.25) is 5.54 Å². The highest BCUT2D eigenvalue weighted by Crippen LogP contribution is 2.55. The van der Waals surface area contributed by atoms with E-state index in [0.717, 1.165) is 23.7 Å². The third-order valence-electron chi connectivity index (χ3n) is 8.01. The molecule has 6 unspecified atom stereocenters. The van der Waals surface area contributed by atoms with Crippen LogP contribution in [0.5, 0.6) is 0 Å². The third kappa shape index (κ3) is 11.1. The van der Waals surface area contributed by atoms with Crippen LogP contribution in [0.4, 0.5) is 0 Å². The van der Waals surface area contributed by atoms with E-state index in [9.17, 15) is 0 Å². The molecule has 4 rings (SSSR count). The van der Waals surface area contributed by atoms with E-state index in [1.165, 1.54) is 67.0 Å². The Bertz CT molecular complexity index is 638. The fourth-order valence-corrected chi connectivity index (χ4v) is 14.8. The van der Waals surface area contributed by atoms with Gasteiger partial charge in [-0.05, 0) is 61.7 Å². The molecule has 0 heterocycles. The zero-order valence-electron chi connectivity index (χ0n) is 26.2. The van der Waals surface area contributed by atoms with E-state index < -0.39 is 37.4 Å². The summed E-state index contributed by atoms with van der Waals surface area (Å²) in [5, 5.41) is 0. The van der Waals surface area contributed by atoms with Crippen molar-refractivity contribution in [3.63, 3.8) is 0 Å². The normalized spacial score (nSPS) is 28.4. The van der Waals surface area contributed by atoms with Crippen molar-refractivity contribution in [3.8, 4) is 0 Å². The highest BCUT2D eigenvalue weighted by molar-refractivity contribution is 6.69. The first-order valence-corrected chi connectivity index (χ1v) is 20.2. The molecule has 14 heteroatoms. The van der Waals surface area contributed by atoms with Crippen LogP contribution in [-0.4, -0.2) is 94.3 Å². The van der Waals surface area contributed by atoms with Crippen LogP contribution in [0.1, 0.15) is 59.3 Å². The molecule has 4 aliphatic carbocycles. The van der Waals surface area contributed by atoms with E-state index in [1.807, 2.05) is 13.8 Å². The molecule has 10 nitrogen and oxygen atoms in total. The van der Waals surface area contributed by atoms with Crippen molar-refractivity contribution in [1.29, 1.82) is 0 Å². The highest BCUT2D eigenvalue weighted by Gasteiger charge is 2.58. The van der Waals surface area contributed by atoms with Crippen molar-refractivity contribution >= 4 is 37.4 Å². The van der Waals surface area contributed by atoms with E-state index >= 15 is 0 Å². The smallest absolute Gasteiger partial charge is 0.380 e. The molecule has 232 valence electrons. The Hall–Kier alpha value is 0.208. The molecule has 0 spiro atoms. The molecule has 0 radical (unpaired) electrons. The summed E-state index contributed by atoms with van der Waals surface area (Å²) in [6, 6.07) is 0. The molecule has 0 aromatic rings. The van der Waals surface area contributed by atoms with Gasteiger partial charge in [0.15, 0.2) is 0 Å². The van der Waals surface area contributed by atoms with Crippen LogP contribution in [0.15, 0.2) is 12.2 Å². The van der Waals surface area contributed by atoms with E-state index in [4.69, 9.17) is 43.6 Å². The minimum absolute atomic E-state index is 0.423. The molecule has 3 fully saturated rings. The van der Waals surface area contributed by atoms with E-state index in [0.29, 0.717) is 11.5 Å². The van der Waals surface area contributed by atoms with Gasteiger partial charge in [0, 0.05) is 62.4 Å². The van der Waals surface area contributed by atoms with Gasteiger partial charge in [-0.1, -0.05) is 39.3 Å². The predicted octanol–water partition coefficient (Wildman–Crippen LogP) is 3.70. The van der Waals surface area contributed by atoms with Crippen LogP contribution >= 0.6 is 0 Å². The Morgan fingerprint density at radius 3 is 1.46 bits per heavy atom. The lowest BCUT2D eigenvalue weighted by Crippen LogP contribution is -2.54. The quantitative estimate of drug-likeness (QED) is 0.222. The van der Waals surface area contributed by atoms with Gasteiger partial charge in [0.1, 0.15) is 0 Å². The van der Waals surface area contributed by atoms with Crippen LogP contribution < -0.4 is 0 Å². The summed E-state index contributed by atoms with van der Waals surface area (Å²) in [6.07, 6.45) is 12.8. The van der Waals surface area contributed by atoms with Gasteiger partial charge in [0.25, 0.3) is 0 Å². The first-order valence-electron chi connectivity index (χ1n) is 14.1. The molecule has 0 aromatic carbocycles. The number of rotatable bonds is 13. The molecule has 6 atom stereocenters. The molecule has 4 bridgehead atoms. The van der Waals surface area contributed by atoms with E-state index in [1.54, 1.807) is 28.4 Å². The largest absolute Gasteiger partial charge is 0.496 e. The summed E-state index contributed by atoms with van der Waals surface area (Å²) < 4.78 is 52.9. The van der Waals surface area contributed by atoms with E-state index in [-0.39, 0.29) is 0 Å². The monoisotopic (exact) mass is 628 g/mol. The Balaban J connectivity index is 0.000000308. The van der Waals surface area contributed by atoms with Crippen molar-refractivity contribution in [2.75, 3.05) is 56.9 Å². The van der Waals surface area contributed by atoms with Crippen LogP contribution in [0, 0.1) is 29.6 Å². The van der Waals surface area contributed by atoms with Crippen molar-refractivity contribution < 1.29 is 43.6 Å². The van der Waals surface area contributed by atoms with Crippen molar-refractivity contribution in [1.82, 2.24) is 0 Å². The van der Waals surface area contributed by atoms with Gasteiger partial charge in [-0.3, -0.25) is 0 Å². The van der Waals surface area contributed by atoms with Gasteiger partial charge in [0.2, 0.25) is 0 Å². The maximum Gasteiger partial charge on any atom is 0.496 e. The second-order valence-corrected chi connectivity index (χ2v) is 19.4. The zero-order valence-corrected chi connectivity index (χ0v) is 30.6. The number of allylic oxidation sites excluding steroid dienone is 2. The summed E-state index contributed by atoms with van der Waals surface area (Å²) in [5.74, 6) is 4.45. The first-order chi connectivity index (χ1) is 18.8. The zero-order chi connectivity index (χ0) is 29.4. The van der Waals surface area contributed by atoms with Crippen LogP contribution in [-0.2, 0) is 43.6 Å². The molecule has 0 saturated heterocycles. The van der Waals surface area contributed by atoms with Gasteiger partial charge in [-0.15, -0.1) is 0 Å². The van der Waals surface area contributed by atoms with Gasteiger partial charge in [-0.25, -0.2) is 0 Å². The molecule has 39 heavy (non-hydrogen) atoms. The molecule has 0 amide bonds. The average Bonchev–Trinajstić information content (AvgIpc) is 3.80. The second-order valence-electron chi connectivity index (χ2n) is 10.1. The molecule has 0 aliphatic heterocycles. The molecule has 0 aromatic heterocycles. The van der Waals surface area contributed by atoms with Crippen molar-refractivity contribution in [2.24, 2.45) is 29.6 Å². The molecule has 0 N–H and O–H groups in total. The van der Waals surface area contributed by atoms with Crippen molar-refractivity contribution in [3.05, 3.63) is 12.2 Å². The Morgan fingerprint density at radius 1 is 0.641 bits per heavy atom. The molecular weight excluding hydrogens is 573 g/mol. The standard InChI is InChI=1S/C11H24O5Si2.C8H12.C4H14O5Si2.C2H6/c1-12-17(13-2)16-18(14-3,15-4)11-8-9-5-6-10(11)7-9;1-6-4-7-2-3-8(6)5-7;1-5-10(6-2)9-11(7-3)8-4;1-2/h9-11,17H,5-8H2,1-4H3;2-3,6-8H,4-5H2,1H3;10-11H,1-4H3;1-2H3. The van der Waals surface area contributed by atoms with Crippen LogP contribution in [0.25, 0.3) is 0 Å². The van der Waals surface area contributed by atoms with Crippen LogP contribution in [0.3, 0.4) is 0 Å². The molecular formula is C25H56O10Si4. The maximum atomic E-state index is 6.06. The summed E-state index contributed by atoms with van der Waals surface area (Å²) in [7, 11) is 4.05. The maximum absolute atomic E-state index is 6.06. The first kappa shape index (κ1) is 37.2. The Morgan fingerprint density at radius 2 is 1.18 bits per heavy atom. The van der Waals surface area contributed by atoms with E-state index in [2.05, 4.69) is 19.1 Å². The highest BCUT2D eigenvalue weighted by atomic mass is 28.4. The number of fused-ring (bicyclic) bond motifs is 4. The lowest BCUT2D eigenvalue weighted by Gasteiger charge is -2.37. The number of hydrogen-bond donors (Lipinski definition) is 0. The summed E-state index contributed by atoms with van der Waals surface area (Å²) in [6.45, 7) is 6.37. The topological polar surface area (TPSA) is 92.3 Å². The predicted molar refractivity (Wildman–Crippen MR) is 161 cm³/mol. The summed E-state index contributed by atoms with van der Waals surface area (Å²) in [4.78, 5) is 0. The third-order valence-corrected chi connectivity index (χ3v) is 16.9. The minimum atomic E-state index is -2.66. The van der Waals surface area contributed by atoms with Gasteiger partial charge in [0.05, 0.1) is 0 Å². The Labute approximate surface area is 244 Å². The SMILES string of the molecule is CC.CC1CC2C=CC1C2.CO[SiH](OC)O[SiH](OC)OC.CO[SiH](OC)O[Si](OC)(OC)C1CC2CCC1C2.